The quantitative estimate of drug-likeness (QED) is 0.445. The molecule has 0 spiro atoms. The predicted octanol–water partition coefficient (Wildman–Crippen LogP) is 5.23. The Kier molecular flexibility index (Phi) is 5.26. The van der Waals surface area contributed by atoms with Gasteiger partial charge in [-0.05, 0) is 61.2 Å². The maximum absolute atomic E-state index is 9.64. The van der Waals surface area contributed by atoms with Crippen LogP contribution >= 0.6 is 22.7 Å². The van der Waals surface area contributed by atoms with Crippen molar-refractivity contribution in [1.29, 1.82) is 0 Å². The first-order chi connectivity index (χ1) is 14.3. The van der Waals surface area contributed by atoms with Crippen molar-refractivity contribution in [2.24, 2.45) is 0 Å². The third-order valence-corrected chi connectivity index (χ3v) is 7.52. The third kappa shape index (κ3) is 3.66. The smallest absolute Gasteiger partial charge is 0.164 e. The van der Waals surface area contributed by atoms with Crippen LogP contribution < -0.4 is 5.32 Å². The molecule has 0 saturated heterocycles. The van der Waals surface area contributed by atoms with Gasteiger partial charge in [0.25, 0.3) is 0 Å². The Hall–Kier alpha value is -2.35. The molecule has 29 heavy (non-hydrogen) atoms. The highest BCUT2D eigenvalue weighted by molar-refractivity contribution is 7.19. The van der Waals surface area contributed by atoms with Gasteiger partial charge >= 0.3 is 0 Å². The lowest BCUT2D eigenvalue weighted by atomic mass is 9.97. The maximum atomic E-state index is 9.64. The topological polar surface area (TPSA) is 70.9 Å². The number of aliphatic hydroxyl groups is 1. The van der Waals surface area contributed by atoms with Crippen molar-refractivity contribution >= 4 is 38.7 Å². The van der Waals surface area contributed by atoms with E-state index in [0.717, 1.165) is 34.4 Å². The molecule has 0 aliphatic heterocycles. The molecule has 5 rings (SSSR count). The van der Waals surface area contributed by atoms with E-state index in [1.54, 1.807) is 28.9 Å². The Labute approximate surface area is 177 Å². The Morgan fingerprint density at radius 2 is 2.07 bits per heavy atom. The van der Waals surface area contributed by atoms with Crippen LogP contribution in [0.4, 0.5) is 5.82 Å². The number of thiophene rings is 2. The molecule has 5 nitrogen and oxygen atoms in total. The zero-order valence-corrected chi connectivity index (χ0v) is 17.6. The number of anilines is 1. The lowest BCUT2D eigenvalue weighted by Gasteiger charge is -2.19. The molecule has 1 atom stereocenters. The van der Waals surface area contributed by atoms with Crippen molar-refractivity contribution < 1.29 is 5.11 Å². The van der Waals surface area contributed by atoms with E-state index in [4.69, 9.17) is 9.97 Å². The number of aliphatic hydroxyl groups excluding tert-OH is 1. The fourth-order valence-electron chi connectivity index (χ4n) is 3.96. The van der Waals surface area contributed by atoms with Crippen LogP contribution in [0.25, 0.3) is 21.6 Å². The van der Waals surface area contributed by atoms with Gasteiger partial charge in [0.2, 0.25) is 0 Å². The van der Waals surface area contributed by atoms with E-state index in [0.29, 0.717) is 12.2 Å². The highest BCUT2D eigenvalue weighted by Gasteiger charge is 2.23. The summed E-state index contributed by atoms with van der Waals surface area (Å²) in [5.74, 6) is 1.57. The number of nitrogens with zero attached hydrogens (tertiary/aromatic N) is 3. The predicted molar refractivity (Wildman–Crippen MR) is 120 cm³/mol. The van der Waals surface area contributed by atoms with Crippen LogP contribution in [-0.2, 0) is 12.8 Å². The molecule has 148 valence electrons. The zero-order chi connectivity index (χ0) is 19.6. The Morgan fingerprint density at radius 1 is 1.14 bits per heavy atom. The molecule has 0 radical (unpaired) electrons. The van der Waals surface area contributed by atoms with Gasteiger partial charge in [0.05, 0.1) is 11.4 Å². The zero-order valence-electron chi connectivity index (χ0n) is 16.0. The fourth-order valence-corrected chi connectivity index (χ4v) is 6.03. The van der Waals surface area contributed by atoms with Gasteiger partial charge < -0.3 is 10.4 Å². The summed E-state index contributed by atoms with van der Waals surface area (Å²) in [4.78, 5) is 17.8. The fraction of sp³-hybridized carbons (Fsp3) is 0.318. The number of aromatic nitrogens is 3. The summed E-state index contributed by atoms with van der Waals surface area (Å²) >= 11 is 3.50. The first kappa shape index (κ1) is 18.7. The van der Waals surface area contributed by atoms with Crippen LogP contribution in [0.5, 0.6) is 0 Å². The van der Waals surface area contributed by atoms with E-state index < -0.39 is 0 Å². The van der Waals surface area contributed by atoms with E-state index in [9.17, 15) is 5.11 Å². The molecule has 4 aromatic heterocycles. The minimum Gasteiger partial charge on any atom is -0.396 e. The van der Waals surface area contributed by atoms with E-state index in [1.165, 1.54) is 28.2 Å². The Balaban J connectivity index is 1.66. The van der Waals surface area contributed by atoms with Crippen LogP contribution in [0.15, 0.2) is 42.0 Å². The lowest BCUT2D eigenvalue weighted by Crippen LogP contribution is -2.13. The molecule has 0 saturated carbocycles. The average molecular weight is 423 g/mol. The number of hydrogen-bond acceptors (Lipinski definition) is 7. The van der Waals surface area contributed by atoms with Gasteiger partial charge in [-0.15, -0.1) is 22.7 Å². The second-order valence-corrected chi connectivity index (χ2v) is 9.32. The minimum absolute atomic E-state index is 0.0268. The van der Waals surface area contributed by atoms with Crippen LogP contribution in [0.3, 0.4) is 0 Å². The first-order valence-corrected chi connectivity index (χ1v) is 11.7. The van der Waals surface area contributed by atoms with Gasteiger partial charge in [-0.3, -0.25) is 4.98 Å². The number of nitrogens with one attached hydrogen (secondary N) is 1. The molecule has 4 heterocycles. The molecule has 1 aliphatic carbocycles. The molecule has 0 fully saturated rings. The molecule has 2 N–H and O–H groups in total. The van der Waals surface area contributed by atoms with Crippen LogP contribution in [-0.4, -0.2) is 26.7 Å². The van der Waals surface area contributed by atoms with Crippen molar-refractivity contribution in [1.82, 2.24) is 15.0 Å². The number of rotatable bonds is 6. The van der Waals surface area contributed by atoms with Crippen molar-refractivity contribution in [3.8, 4) is 11.4 Å². The maximum Gasteiger partial charge on any atom is 0.164 e. The number of fused-ring (bicyclic) bond motifs is 3. The average Bonchev–Trinajstić information content (AvgIpc) is 3.42. The second-order valence-electron chi connectivity index (χ2n) is 7.25. The summed E-state index contributed by atoms with van der Waals surface area (Å²) in [5, 5.41) is 16.5. The van der Waals surface area contributed by atoms with Crippen LogP contribution in [0.1, 0.15) is 40.6 Å². The van der Waals surface area contributed by atoms with Gasteiger partial charge in [-0.25, -0.2) is 9.97 Å². The highest BCUT2D eigenvalue weighted by atomic mass is 32.1. The van der Waals surface area contributed by atoms with Gasteiger partial charge in [0, 0.05) is 34.3 Å². The highest BCUT2D eigenvalue weighted by Crippen LogP contribution is 2.41. The lowest BCUT2D eigenvalue weighted by molar-refractivity contribution is 0.280. The monoisotopic (exact) mass is 422 g/mol. The van der Waals surface area contributed by atoms with Crippen LogP contribution in [0, 0.1) is 0 Å². The summed E-state index contributed by atoms with van der Waals surface area (Å²) in [7, 11) is 0. The van der Waals surface area contributed by atoms with E-state index in [2.05, 4.69) is 27.8 Å². The third-order valence-electron chi connectivity index (χ3n) is 5.35. The first-order valence-electron chi connectivity index (χ1n) is 9.97. The summed E-state index contributed by atoms with van der Waals surface area (Å²) in [6.07, 6.45) is 8.89. The standard InChI is InChI=1S/C22H22N4OS2/c27-11-9-16(18-8-4-12-28-18)24-21-19-15-6-1-2-7-17(15)29-22(19)26-20(25-21)14-5-3-10-23-13-14/h3-5,8,10,12-13,16,27H,1-2,6-7,9,11H2,(H,24,25,26). The molecule has 4 aromatic rings. The van der Waals surface area contributed by atoms with Crippen LogP contribution in [0.2, 0.25) is 0 Å². The molecular formula is C22H22N4OS2. The molecule has 0 aromatic carbocycles. The molecule has 0 amide bonds. The van der Waals surface area contributed by atoms with Gasteiger partial charge in [0.1, 0.15) is 10.6 Å². The second kappa shape index (κ2) is 8.18. The minimum atomic E-state index is 0.0268. The van der Waals surface area contributed by atoms with Crippen molar-refractivity contribution in [3.05, 3.63) is 57.4 Å². The summed E-state index contributed by atoms with van der Waals surface area (Å²) < 4.78 is 0. The normalized spacial score (nSPS) is 14.7. The Bertz CT molecular complexity index is 1110. The molecule has 7 heteroatoms. The molecular weight excluding hydrogens is 400 g/mol. The van der Waals surface area contributed by atoms with E-state index >= 15 is 0 Å². The number of pyridine rings is 1. The Morgan fingerprint density at radius 3 is 2.86 bits per heavy atom. The summed E-state index contributed by atoms with van der Waals surface area (Å²) in [6, 6.07) is 8.10. The van der Waals surface area contributed by atoms with Crippen molar-refractivity contribution in [2.45, 2.75) is 38.1 Å². The SMILES string of the molecule is OCCC(Nc1nc(-c2cccnc2)nc2sc3c(c12)CCCC3)c1cccs1. The van der Waals surface area contributed by atoms with E-state index in [1.807, 2.05) is 18.3 Å². The molecule has 1 aliphatic rings. The molecule has 0 bridgehead atoms. The summed E-state index contributed by atoms with van der Waals surface area (Å²) in [6.45, 7) is 0.126. The largest absolute Gasteiger partial charge is 0.396 e. The molecule has 1 unspecified atom stereocenters. The van der Waals surface area contributed by atoms with Gasteiger partial charge in [0.15, 0.2) is 5.82 Å². The van der Waals surface area contributed by atoms with Gasteiger partial charge in [-0.1, -0.05) is 6.07 Å². The van der Waals surface area contributed by atoms with Crippen molar-refractivity contribution in [3.63, 3.8) is 0 Å². The summed E-state index contributed by atoms with van der Waals surface area (Å²) in [5.41, 5.74) is 2.32. The number of aryl methyl sites for hydroxylation is 2. The van der Waals surface area contributed by atoms with Crippen molar-refractivity contribution in [2.75, 3.05) is 11.9 Å². The van der Waals surface area contributed by atoms with E-state index in [-0.39, 0.29) is 12.6 Å². The van der Waals surface area contributed by atoms with Gasteiger partial charge in [-0.2, -0.15) is 0 Å². The number of hydrogen-bond donors (Lipinski definition) is 2.